The minimum absolute atomic E-state index is 0.0956. The Balaban J connectivity index is 1.84. The highest BCUT2D eigenvalue weighted by Gasteiger charge is 2.17. The molecular weight excluding hydrogens is 236 g/mol. The summed E-state index contributed by atoms with van der Waals surface area (Å²) in [5.74, 6) is 1.74. The van der Waals surface area contributed by atoms with Gasteiger partial charge in [0.2, 0.25) is 0 Å². The maximum atomic E-state index is 6.28. The molecule has 1 aromatic heterocycles. The van der Waals surface area contributed by atoms with Crippen molar-refractivity contribution in [2.75, 3.05) is 6.61 Å². The van der Waals surface area contributed by atoms with Gasteiger partial charge in [0.1, 0.15) is 5.75 Å². The van der Waals surface area contributed by atoms with Crippen molar-refractivity contribution in [2.24, 2.45) is 11.7 Å². The van der Waals surface area contributed by atoms with Gasteiger partial charge in [0, 0.05) is 12.2 Å². The normalized spacial score (nSPS) is 17.6. The molecule has 1 aliphatic carbocycles. The van der Waals surface area contributed by atoms with E-state index in [0.717, 1.165) is 36.7 Å². The number of pyridine rings is 1. The number of hydrogen-bond donors (Lipinski definition) is 1. The predicted molar refractivity (Wildman–Crippen MR) is 78.1 cm³/mol. The van der Waals surface area contributed by atoms with Crippen LogP contribution in [0.3, 0.4) is 0 Å². The van der Waals surface area contributed by atoms with Gasteiger partial charge in [-0.25, -0.2) is 0 Å². The summed E-state index contributed by atoms with van der Waals surface area (Å²) in [6, 6.07) is 2.14. The number of nitrogens with two attached hydrogens (primary N) is 1. The van der Waals surface area contributed by atoms with E-state index in [4.69, 9.17) is 10.5 Å². The van der Waals surface area contributed by atoms with E-state index in [2.05, 4.69) is 11.9 Å². The molecule has 0 radical (unpaired) electrons. The average Bonchev–Trinajstić information content (AvgIpc) is 2.96. The number of rotatable bonds is 7. The monoisotopic (exact) mass is 262 g/mol. The van der Waals surface area contributed by atoms with E-state index in [0.29, 0.717) is 0 Å². The lowest BCUT2D eigenvalue weighted by Gasteiger charge is -2.15. The summed E-state index contributed by atoms with van der Waals surface area (Å²) in [4.78, 5) is 4.23. The van der Waals surface area contributed by atoms with Crippen molar-refractivity contribution in [1.82, 2.24) is 4.98 Å². The van der Waals surface area contributed by atoms with Crippen LogP contribution < -0.4 is 10.5 Å². The first-order chi connectivity index (χ1) is 9.29. The largest absolute Gasteiger partial charge is 0.492 e. The molecule has 0 aromatic carbocycles. The van der Waals surface area contributed by atoms with Crippen molar-refractivity contribution in [1.29, 1.82) is 0 Å². The summed E-state index contributed by atoms with van der Waals surface area (Å²) in [7, 11) is 0. The molecule has 0 saturated heterocycles. The maximum absolute atomic E-state index is 6.28. The van der Waals surface area contributed by atoms with Gasteiger partial charge < -0.3 is 10.5 Å². The van der Waals surface area contributed by atoms with Crippen LogP contribution in [0.4, 0.5) is 0 Å². The zero-order valence-corrected chi connectivity index (χ0v) is 12.0. The van der Waals surface area contributed by atoms with Gasteiger partial charge in [-0.15, -0.1) is 0 Å². The molecule has 1 aromatic rings. The first-order valence-electron chi connectivity index (χ1n) is 7.63. The first-order valence-corrected chi connectivity index (χ1v) is 7.63. The average molecular weight is 262 g/mol. The van der Waals surface area contributed by atoms with Gasteiger partial charge in [0.25, 0.3) is 0 Å². The molecule has 1 saturated carbocycles. The third-order valence-corrected chi connectivity index (χ3v) is 4.00. The van der Waals surface area contributed by atoms with Crippen molar-refractivity contribution in [3.8, 4) is 5.75 Å². The molecule has 0 bridgehead atoms. The summed E-state index contributed by atoms with van der Waals surface area (Å²) < 4.78 is 5.61. The lowest BCUT2D eigenvalue weighted by molar-refractivity contribution is 0.315. The van der Waals surface area contributed by atoms with Gasteiger partial charge in [-0.1, -0.05) is 32.6 Å². The molecule has 106 valence electrons. The van der Waals surface area contributed by atoms with Crippen LogP contribution in [0, 0.1) is 5.92 Å². The van der Waals surface area contributed by atoms with E-state index in [-0.39, 0.29) is 6.04 Å². The van der Waals surface area contributed by atoms with Crippen molar-refractivity contribution in [3.63, 3.8) is 0 Å². The highest BCUT2D eigenvalue weighted by Crippen LogP contribution is 2.31. The van der Waals surface area contributed by atoms with Gasteiger partial charge in [-0.2, -0.15) is 0 Å². The fraction of sp³-hybridized carbons (Fsp3) is 0.688. The molecule has 0 amide bonds. The minimum atomic E-state index is 0.0956. The Bertz CT molecular complexity index is 375. The molecule has 19 heavy (non-hydrogen) atoms. The van der Waals surface area contributed by atoms with Crippen LogP contribution in [0.15, 0.2) is 18.5 Å². The fourth-order valence-corrected chi connectivity index (χ4v) is 2.82. The molecule has 2 rings (SSSR count). The van der Waals surface area contributed by atoms with E-state index in [1.165, 1.54) is 32.1 Å². The Morgan fingerprint density at radius 2 is 2.16 bits per heavy atom. The second-order valence-corrected chi connectivity index (χ2v) is 5.64. The number of nitrogens with zero attached hydrogens (tertiary/aromatic N) is 1. The third kappa shape index (κ3) is 4.50. The Morgan fingerprint density at radius 3 is 2.89 bits per heavy atom. The second kappa shape index (κ2) is 7.49. The van der Waals surface area contributed by atoms with E-state index < -0.39 is 0 Å². The van der Waals surface area contributed by atoms with E-state index in [9.17, 15) is 0 Å². The van der Waals surface area contributed by atoms with Gasteiger partial charge in [0.05, 0.1) is 12.8 Å². The van der Waals surface area contributed by atoms with Gasteiger partial charge in [0.15, 0.2) is 0 Å². The molecule has 0 spiro atoms. The summed E-state index contributed by atoms with van der Waals surface area (Å²) in [5.41, 5.74) is 7.38. The predicted octanol–water partition coefficient (Wildman–Crippen LogP) is 3.84. The van der Waals surface area contributed by atoms with Crippen LogP contribution in [0.1, 0.15) is 63.5 Å². The topological polar surface area (TPSA) is 48.1 Å². The molecule has 0 aliphatic heterocycles. The standard InChI is InChI=1S/C16H26N2O/c1-2-9-19-15-10-14(11-18-12-15)16(17)8-7-13-5-3-4-6-13/h10-13,16H,2-9,17H2,1H3. The molecule has 3 nitrogen and oxygen atoms in total. The molecule has 1 atom stereocenters. The summed E-state index contributed by atoms with van der Waals surface area (Å²) in [5, 5.41) is 0. The maximum Gasteiger partial charge on any atom is 0.137 e. The van der Waals surface area contributed by atoms with Crippen LogP contribution in [0.5, 0.6) is 5.75 Å². The van der Waals surface area contributed by atoms with E-state index in [1.807, 2.05) is 12.3 Å². The lowest BCUT2D eigenvalue weighted by Crippen LogP contribution is -2.12. The lowest BCUT2D eigenvalue weighted by atomic mass is 9.96. The summed E-state index contributed by atoms with van der Waals surface area (Å²) in [6.45, 7) is 2.84. The van der Waals surface area contributed by atoms with Crippen LogP contribution in [0.2, 0.25) is 0 Å². The molecule has 1 aliphatic rings. The first kappa shape index (κ1) is 14.3. The number of aromatic nitrogens is 1. The fourth-order valence-electron chi connectivity index (χ4n) is 2.82. The molecule has 2 N–H and O–H groups in total. The smallest absolute Gasteiger partial charge is 0.137 e. The zero-order valence-electron chi connectivity index (χ0n) is 12.0. The van der Waals surface area contributed by atoms with Gasteiger partial charge in [-0.05, 0) is 36.8 Å². The van der Waals surface area contributed by atoms with Gasteiger partial charge >= 0.3 is 0 Å². The Hall–Kier alpha value is -1.09. The molecule has 1 fully saturated rings. The molecular formula is C16H26N2O. The van der Waals surface area contributed by atoms with Crippen molar-refractivity contribution in [3.05, 3.63) is 24.0 Å². The molecule has 3 heteroatoms. The van der Waals surface area contributed by atoms with Crippen molar-refractivity contribution >= 4 is 0 Å². The van der Waals surface area contributed by atoms with E-state index >= 15 is 0 Å². The third-order valence-electron chi connectivity index (χ3n) is 4.00. The Kier molecular flexibility index (Phi) is 5.64. The minimum Gasteiger partial charge on any atom is -0.492 e. The van der Waals surface area contributed by atoms with Crippen molar-refractivity contribution in [2.45, 2.75) is 57.9 Å². The zero-order chi connectivity index (χ0) is 13.5. The van der Waals surface area contributed by atoms with Crippen LogP contribution >= 0.6 is 0 Å². The summed E-state index contributed by atoms with van der Waals surface area (Å²) in [6.07, 6.45) is 12.6. The number of hydrogen-bond acceptors (Lipinski definition) is 3. The van der Waals surface area contributed by atoms with Crippen LogP contribution in [0.25, 0.3) is 0 Å². The summed E-state index contributed by atoms with van der Waals surface area (Å²) >= 11 is 0. The second-order valence-electron chi connectivity index (χ2n) is 5.64. The Morgan fingerprint density at radius 1 is 1.37 bits per heavy atom. The van der Waals surface area contributed by atoms with Crippen LogP contribution in [-0.2, 0) is 0 Å². The molecule has 1 unspecified atom stereocenters. The highest BCUT2D eigenvalue weighted by atomic mass is 16.5. The Labute approximate surface area is 116 Å². The van der Waals surface area contributed by atoms with Gasteiger partial charge in [-0.3, -0.25) is 4.98 Å². The van der Waals surface area contributed by atoms with Crippen molar-refractivity contribution < 1.29 is 4.74 Å². The quantitative estimate of drug-likeness (QED) is 0.812. The van der Waals surface area contributed by atoms with Crippen LogP contribution in [-0.4, -0.2) is 11.6 Å². The highest BCUT2D eigenvalue weighted by molar-refractivity contribution is 5.25. The number of ether oxygens (including phenoxy) is 1. The SMILES string of the molecule is CCCOc1cncc(C(N)CCC2CCCC2)c1. The van der Waals surface area contributed by atoms with E-state index in [1.54, 1.807) is 6.20 Å². The molecule has 1 heterocycles.